The van der Waals surface area contributed by atoms with E-state index in [0.717, 1.165) is 18.2 Å². The Bertz CT molecular complexity index is 646. The number of benzene rings is 1. The fourth-order valence-corrected chi connectivity index (χ4v) is 2.77. The van der Waals surface area contributed by atoms with E-state index in [1.54, 1.807) is 11.3 Å². The molecule has 0 amide bonds. The lowest BCUT2D eigenvalue weighted by molar-refractivity contribution is 0.578. The van der Waals surface area contributed by atoms with Crippen LogP contribution in [0.4, 0.5) is 0 Å². The smallest absolute Gasteiger partial charge is 0.172 e. The van der Waals surface area contributed by atoms with Gasteiger partial charge >= 0.3 is 0 Å². The number of thiophene rings is 1. The lowest BCUT2D eigenvalue weighted by Crippen LogP contribution is -2.23. The summed E-state index contributed by atoms with van der Waals surface area (Å²) in [4.78, 5) is 4.46. The van der Waals surface area contributed by atoms with Gasteiger partial charge in [-0.15, -0.1) is 0 Å². The first-order valence-corrected chi connectivity index (χ1v) is 7.45. The second-order valence-electron chi connectivity index (χ2n) is 4.64. The molecule has 5 heteroatoms. The van der Waals surface area contributed by atoms with Crippen molar-refractivity contribution in [3.63, 3.8) is 0 Å². The molecule has 3 aromatic rings. The summed E-state index contributed by atoms with van der Waals surface area (Å²) in [5.74, 6) is 1.61. The SMILES string of the molecule is Cc1nc([C@H](NCc2ccsc2)c2ccccc2)n[nH]1. The molecule has 0 aliphatic heterocycles. The fourth-order valence-electron chi connectivity index (χ4n) is 2.11. The van der Waals surface area contributed by atoms with E-state index in [2.05, 4.69) is 49.5 Å². The minimum Gasteiger partial charge on any atom is -0.299 e. The predicted molar refractivity (Wildman–Crippen MR) is 80.6 cm³/mol. The van der Waals surface area contributed by atoms with Crippen molar-refractivity contribution >= 4 is 11.3 Å². The summed E-state index contributed by atoms with van der Waals surface area (Å²) in [5.41, 5.74) is 2.45. The Kier molecular flexibility index (Phi) is 3.90. The van der Waals surface area contributed by atoms with Gasteiger partial charge in [-0.3, -0.25) is 10.4 Å². The molecule has 20 heavy (non-hydrogen) atoms. The van der Waals surface area contributed by atoms with Crippen molar-refractivity contribution < 1.29 is 0 Å². The second-order valence-corrected chi connectivity index (χ2v) is 5.42. The average Bonchev–Trinajstić information content (AvgIpc) is 3.12. The average molecular weight is 284 g/mol. The Balaban J connectivity index is 1.84. The van der Waals surface area contributed by atoms with Crippen molar-refractivity contribution in [2.24, 2.45) is 0 Å². The van der Waals surface area contributed by atoms with E-state index >= 15 is 0 Å². The van der Waals surface area contributed by atoms with Gasteiger partial charge in [-0.2, -0.15) is 16.4 Å². The summed E-state index contributed by atoms with van der Waals surface area (Å²) in [5, 5.41) is 15.0. The van der Waals surface area contributed by atoms with Crippen molar-refractivity contribution in [2.45, 2.75) is 19.5 Å². The van der Waals surface area contributed by atoms with E-state index in [1.165, 1.54) is 11.1 Å². The maximum absolute atomic E-state index is 4.46. The number of rotatable bonds is 5. The monoisotopic (exact) mass is 284 g/mol. The molecule has 0 unspecified atom stereocenters. The lowest BCUT2D eigenvalue weighted by Gasteiger charge is -2.15. The molecule has 4 nitrogen and oxygen atoms in total. The van der Waals surface area contributed by atoms with Crippen LogP contribution in [0.3, 0.4) is 0 Å². The molecule has 0 radical (unpaired) electrons. The van der Waals surface area contributed by atoms with E-state index in [1.807, 2.05) is 25.1 Å². The van der Waals surface area contributed by atoms with E-state index in [0.29, 0.717) is 0 Å². The predicted octanol–water partition coefficient (Wildman–Crippen LogP) is 3.05. The van der Waals surface area contributed by atoms with Gasteiger partial charge in [0.05, 0.1) is 6.04 Å². The van der Waals surface area contributed by atoms with Crippen molar-refractivity contribution in [3.05, 3.63) is 69.9 Å². The topological polar surface area (TPSA) is 53.6 Å². The van der Waals surface area contributed by atoms with Gasteiger partial charge in [-0.05, 0) is 34.9 Å². The zero-order valence-electron chi connectivity index (χ0n) is 11.2. The highest BCUT2D eigenvalue weighted by molar-refractivity contribution is 7.07. The molecule has 102 valence electrons. The molecule has 0 spiro atoms. The van der Waals surface area contributed by atoms with Crippen LogP contribution in [0.2, 0.25) is 0 Å². The number of nitrogens with zero attached hydrogens (tertiary/aromatic N) is 2. The summed E-state index contributed by atoms with van der Waals surface area (Å²) in [6.07, 6.45) is 0. The van der Waals surface area contributed by atoms with Crippen LogP contribution in [0.15, 0.2) is 47.2 Å². The maximum Gasteiger partial charge on any atom is 0.172 e. The van der Waals surface area contributed by atoms with Crippen LogP contribution in [-0.2, 0) is 6.54 Å². The molecule has 2 aromatic heterocycles. The summed E-state index contributed by atoms with van der Waals surface area (Å²) in [7, 11) is 0. The van der Waals surface area contributed by atoms with Crippen LogP contribution in [0.25, 0.3) is 0 Å². The van der Waals surface area contributed by atoms with Gasteiger partial charge in [0.25, 0.3) is 0 Å². The number of hydrogen-bond donors (Lipinski definition) is 2. The highest BCUT2D eigenvalue weighted by Crippen LogP contribution is 2.19. The van der Waals surface area contributed by atoms with E-state index < -0.39 is 0 Å². The Labute approximate surface area is 121 Å². The highest BCUT2D eigenvalue weighted by Gasteiger charge is 2.17. The van der Waals surface area contributed by atoms with Crippen LogP contribution in [-0.4, -0.2) is 15.2 Å². The summed E-state index contributed by atoms with van der Waals surface area (Å²) >= 11 is 1.71. The molecule has 0 aliphatic carbocycles. The van der Waals surface area contributed by atoms with Crippen molar-refractivity contribution in [3.8, 4) is 0 Å². The van der Waals surface area contributed by atoms with E-state index in [4.69, 9.17) is 0 Å². The molecule has 2 heterocycles. The van der Waals surface area contributed by atoms with Gasteiger partial charge in [0.1, 0.15) is 5.82 Å². The van der Waals surface area contributed by atoms with Crippen LogP contribution in [0.5, 0.6) is 0 Å². The zero-order chi connectivity index (χ0) is 13.8. The molecular weight excluding hydrogens is 268 g/mol. The zero-order valence-corrected chi connectivity index (χ0v) is 12.0. The number of hydrogen-bond acceptors (Lipinski definition) is 4. The Morgan fingerprint density at radius 1 is 1.25 bits per heavy atom. The highest BCUT2D eigenvalue weighted by atomic mass is 32.1. The van der Waals surface area contributed by atoms with E-state index in [9.17, 15) is 0 Å². The van der Waals surface area contributed by atoms with Crippen LogP contribution < -0.4 is 5.32 Å². The first kappa shape index (κ1) is 13.0. The molecule has 0 bridgehead atoms. The van der Waals surface area contributed by atoms with E-state index in [-0.39, 0.29) is 6.04 Å². The first-order valence-electron chi connectivity index (χ1n) is 6.51. The van der Waals surface area contributed by atoms with Gasteiger partial charge in [-0.1, -0.05) is 30.3 Å². The van der Waals surface area contributed by atoms with Gasteiger partial charge in [0, 0.05) is 6.54 Å². The quantitative estimate of drug-likeness (QED) is 0.757. The minimum atomic E-state index is 0.000972. The molecule has 2 N–H and O–H groups in total. The molecule has 0 aliphatic rings. The van der Waals surface area contributed by atoms with Gasteiger partial charge in [0.2, 0.25) is 0 Å². The number of H-pyrrole nitrogens is 1. The van der Waals surface area contributed by atoms with Crippen molar-refractivity contribution in [1.29, 1.82) is 0 Å². The minimum absolute atomic E-state index is 0.000972. The first-order chi connectivity index (χ1) is 9.83. The third kappa shape index (κ3) is 2.95. The Hall–Kier alpha value is -1.98. The van der Waals surface area contributed by atoms with Gasteiger partial charge in [-0.25, -0.2) is 4.98 Å². The molecule has 1 atom stereocenters. The van der Waals surface area contributed by atoms with Crippen molar-refractivity contribution in [1.82, 2.24) is 20.5 Å². The largest absolute Gasteiger partial charge is 0.299 e. The molecule has 0 fully saturated rings. The third-order valence-corrected chi connectivity index (χ3v) is 3.83. The van der Waals surface area contributed by atoms with Crippen LogP contribution in [0.1, 0.15) is 28.8 Å². The molecular formula is C15H16N4S. The molecule has 1 aromatic carbocycles. The number of aryl methyl sites for hydroxylation is 1. The standard InChI is InChI=1S/C15H16N4S/c1-11-17-15(19-18-11)14(13-5-3-2-4-6-13)16-9-12-7-8-20-10-12/h2-8,10,14,16H,9H2,1H3,(H,17,18,19)/t14-/m1/s1. The van der Waals surface area contributed by atoms with Gasteiger partial charge in [0.15, 0.2) is 5.82 Å². The number of aromatic amines is 1. The number of aromatic nitrogens is 3. The second kappa shape index (κ2) is 5.98. The molecule has 0 saturated heterocycles. The summed E-state index contributed by atoms with van der Waals surface area (Å²) in [6.45, 7) is 2.72. The Morgan fingerprint density at radius 3 is 2.75 bits per heavy atom. The third-order valence-electron chi connectivity index (χ3n) is 3.10. The Morgan fingerprint density at radius 2 is 2.10 bits per heavy atom. The maximum atomic E-state index is 4.46. The molecule has 3 rings (SSSR count). The van der Waals surface area contributed by atoms with Crippen LogP contribution in [0, 0.1) is 6.92 Å². The number of nitrogens with one attached hydrogen (secondary N) is 2. The van der Waals surface area contributed by atoms with Crippen molar-refractivity contribution in [2.75, 3.05) is 0 Å². The van der Waals surface area contributed by atoms with Crippen LogP contribution >= 0.6 is 11.3 Å². The summed E-state index contributed by atoms with van der Waals surface area (Å²) in [6, 6.07) is 12.4. The molecule has 0 saturated carbocycles. The summed E-state index contributed by atoms with van der Waals surface area (Å²) < 4.78 is 0. The lowest BCUT2D eigenvalue weighted by atomic mass is 10.1. The fraction of sp³-hybridized carbons (Fsp3) is 0.200. The normalized spacial score (nSPS) is 12.4. The van der Waals surface area contributed by atoms with Gasteiger partial charge < -0.3 is 0 Å².